The second-order valence-corrected chi connectivity index (χ2v) is 3.42. The van der Waals surface area contributed by atoms with Crippen LogP contribution in [0.5, 0.6) is 11.5 Å². The molecule has 1 heterocycles. The zero-order valence-corrected chi connectivity index (χ0v) is 8.72. The zero-order chi connectivity index (χ0) is 11.4. The molecule has 1 aliphatic heterocycles. The second kappa shape index (κ2) is 4.85. The molecule has 0 saturated carbocycles. The van der Waals surface area contributed by atoms with Gasteiger partial charge in [-0.1, -0.05) is 5.16 Å². The van der Waals surface area contributed by atoms with Crippen LogP contribution in [0.4, 0.5) is 0 Å². The highest BCUT2D eigenvalue weighted by atomic mass is 16.5. The maximum Gasteiger partial charge on any atom is 0.134 e. The Morgan fingerprint density at radius 2 is 2.31 bits per heavy atom. The SMILES string of the molecule is OCCCOc1ccc2c(c1)OCC2=NO. The normalized spacial score (nSPS) is 15.9. The van der Waals surface area contributed by atoms with Crippen molar-refractivity contribution in [1.82, 2.24) is 0 Å². The first-order valence-electron chi connectivity index (χ1n) is 5.07. The van der Waals surface area contributed by atoms with Gasteiger partial charge in [0.2, 0.25) is 0 Å². The lowest BCUT2D eigenvalue weighted by molar-refractivity contribution is 0.233. The topological polar surface area (TPSA) is 71.3 Å². The summed E-state index contributed by atoms with van der Waals surface area (Å²) in [5.74, 6) is 1.35. The maximum absolute atomic E-state index is 8.70. The first-order valence-corrected chi connectivity index (χ1v) is 5.07. The van der Waals surface area contributed by atoms with Crippen LogP contribution >= 0.6 is 0 Å². The molecule has 0 bridgehead atoms. The molecular formula is C11H13NO4. The lowest BCUT2D eigenvalue weighted by Gasteiger charge is -2.06. The Balaban J connectivity index is 2.09. The van der Waals surface area contributed by atoms with Crippen LogP contribution in [-0.4, -0.2) is 35.8 Å². The Morgan fingerprint density at radius 3 is 3.06 bits per heavy atom. The molecule has 1 aromatic rings. The van der Waals surface area contributed by atoms with E-state index >= 15 is 0 Å². The van der Waals surface area contributed by atoms with Crippen LogP contribution in [0.25, 0.3) is 0 Å². The number of benzene rings is 1. The largest absolute Gasteiger partial charge is 0.493 e. The summed E-state index contributed by atoms with van der Waals surface area (Å²) in [7, 11) is 0. The molecular weight excluding hydrogens is 210 g/mol. The molecule has 2 rings (SSSR count). The third-order valence-corrected chi connectivity index (χ3v) is 2.32. The summed E-state index contributed by atoms with van der Waals surface area (Å²) < 4.78 is 10.7. The Kier molecular flexibility index (Phi) is 3.26. The van der Waals surface area contributed by atoms with Crippen molar-refractivity contribution in [2.24, 2.45) is 5.16 Å². The van der Waals surface area contributed by atoms with E-state index in [-0.39, 0.29) is 13.2 Å². The van der Waals surface area contributed by atoms with Crippen molar-refractivity contribution < 1.29 is 19.8 Å². The van der Waals surface area contributed by atoms with Gasteiger partial charge in [0.25, 0.3) is 0 Å². The summed E-state index contributed by atoms with van der Waals surface area (Å²) >= 11 is 0. The predicted octanol–water partition coefficient (Wildman–Crippen LogP) is 1.02. The van der Waals surface area contributed by atoms with Gasteiger partial charge < -0.3 is 19.8 Å². The quantitative estimate of drug-likeness (QED) is 0.454. The fourth-order valence-corrected chi connectivity index (χ4v) is 1.51. The molecule has 0 fully saturated rings. The fraction of sp³-hybridized carbons (Fsp3) is 0.364. The third-order valence-electron chi connectivity index (χ3n) is 2.32. The molecule has 5 heteroatoms. The van der Waals surface area contributed by atoms with E-state index in [1.54, 1.807) is 18.2 Å². The number of oxime groups is 1. The first kappa shape index (κ1) is 10.8. The number of ether oxygens (including phenoxy) is 2. The third kappa shape index (κ3) is 2.09. The molecule has 0 radical (unpaired) electrons. The molecule has 16 heavy (non-hydrogen) atoms. The Morgan fingerprint density at radius 1 is 1.44 bits per heavy atom. The highest BCUT2D eigenvalue weighted by Crippen LogP contribution is 2.29. The average Bonchev–Trinajstić information content (AvgIpc) is 2.71. The smallest absolute Gasteiger partial charge is 0.134 e. The molecule has 1 aromatic carbocycles. The number of rotatable bonds is 4. The highest BCUT2D eigenvalue weighted by Gasteiger charge is 2.20. The van der Waals surface area contributed by atoms with Gasteiger partial charge in [-0.05, 0) is 12.1 Å². The minimum Gasteiger partial charge on any atom is -0.493 e. The molecule has 0 unspecified atom stereocenters. The van der Waals surface area contributed by atoms with Gasteiger partial charge in [-0.3, -0.25) is 0 Å². The van der Waals surface area contributed by atoms with Gasteiger partial charge in [0.1, 0.15) is 23.8 Å². The zero-order valence-electron chi connectivity index (χ0n) is 8.72. The van der Waals surface area contributed by atoms with E-state index < -0.39 is 0 Å². The monoisotopic (exact) mass is 223 g/mol. The molecule has 0 aliphatic carbocycles. The highest BCUT2D eigenvalue weighted by molar-refractivity contribution is 6.05. The molecule has 0 atom stereocenters. The summed E-state index contributed by atoms with van der Waals surface area (Å²) in [6.07, 6.45) is 0.599. The molecule has 1 aliphatic rings. The van der Waals surface area contributed by atoms with Gasteiger partial charge in [-0.2, -0.15) is 0 Å². The van der Waals surface area contributed by atoms with Gasteiger partial charge >= 0.3 is 0 Å². The number of aliphatic hydroxyl groups excluding tert-OH is 1. The number of nitrogens with zero attached hydrogens (tertiary/aromatic N) is 1. The van der Waals surface area contributed by atoms with Crippen LogP contribution < -0.4 is 9.47 Å². The van der Waals surface area contributed by atoms with Gasteiger partial charge in [-0.15, -0.1) is 0 Å². The van der Waals surface area contributed by atoms with Crippen molar-refractivity contribution in [3.05, 3.63) is 23.8 Å². The summed E-state index contributed by atoms with van der Waals surface area (Å²) in [4.78, 5) is 0. The Labute approximate surface area is 92.9 Å². The summed E-state index contributed by atoms with van der Waals surface area (Å²) in [6.45, 7) is 0.866. The number of hydrogen-bond donors (Lipinski definition) is 2. The van der Waals surface area contributed by atoms with Gasteiger partial charge in [0.15, 0.2) is 0 Å². The first-order chi connectivity index (χ1) is 7.85. The van der Waals surface area contributed by atoms with Crippen molar-refractivity contribution >= 4 is 5.71 Å². The summed E-state index contributed by atoms with van der Waals surface area (Å²) in [5.41, 5.74) is 1.31. The van der Waals surface area contributed by atoms with E-state index in [0.717, 1.165) is 5.56 Å². The van der Waals surface area contributed by atoms with Gasteiger partial charge in [-0.25, -0.2) is 0 Å². The summed E-state index contributed by atoms with van der Waals surface area (Å²) in [6, 6.07) is 5.34. The van der Waals surface area contributed by atoms with E-state index in [4.69, 9.17) is 19.8 Å². The Hall–Kier alpha value is -1.75. The Bertz CT molecular complexity index is 403. The predicted molar refractivity (Wildman–Crippen MR) is 57.5 cm³/mol. The molecule has 0 saturated heterocycles. The van der Waals surface area contributed by atoms with E-state index in [1.165, 1.54) is 0 Å². The van der Waals surface area contributed by atoms with Crippen LogP contribution in [0.2, 0.25) is 0 Å². The van der Waals surface area contributed by atoms with Crippen molar-refractivity contribution in [1.29, 1.82) is 0 Å². The molecule has 0 amide bonds. The van der Waals surface area contributed by atoms with Crippen LogP contribution in [0.3, 0.4) is 0 Å². The van der Waals surface area contributed by atoms with Crippen LogP contribution in [0.15, 0.2) is 23.4 Å². The van der Waals surface area contributed by atoms with Crippen LogP contribution in [0.1, 0.15) is 12.0 Å². The van der Waals surface area contributed by atoms with Crippen molar-refractivity contribution in [3.63, 3.8) is 0 Å². The van der Waals surface area contributed by atoms with Gasteiger partial charge in [0, 0.05) is 24.7 Å². The van der Waals surface area contributed by atoms with E-state index in [2.05, 4.69) is 5.16 Å². The number of fused-ring (bicyclic) bond motifs is 1. The van der Waals surface area contributed by atoms with Crippen molar-refractivity contribution in [3.8, 4) is 11.5 Å². The molecule has 0 aromatic heterocycles. The van der Waals surface area contributed by atoms with E-state index in [1.807, 2.05) is 0 Å². The minimum atomic E-state index is 0.114. The van der Waals surface area contributed by atoms with Crippen molar-refractivity contribution in [2.75, 3.05) is 19.8 Å². The average molecular weight is 223 g/mol. The maximum atomic E-state index is 8.70. The molecule has 0 spiro atoms. The lowest BCUT2D eigenvalue weighted by Crippen LogP contribution is -2.01. The van der Waals surface area contributed by atoms with Crippen LogP contribution in [-0.2, 0) is 0 Å². The van der Waals surface area contributed by atoms with Crippen LogP contribution in [0, 0.1) is 0 Å². The second-order valence-electron chi connectivity index (χ2n) is 3.42. The van der Waals surface area contributed by atoms with Gasteiger partial charge in [0.05, 0.1) is 6.61 Å². The number of hydrogen-bond acceptors (Lipinski definition) is 5. The molecule has 86 valence electrons. The van der Waals surface area contributed by atoms with E-state index in [0.29, 0.717) is 30.2 Å². The fourth-order valence-electron chi connectivity index (χ4n) is 1.51. The summed E-state index contributed by atoms with van der Waals surface area (Å²) in [5, 5.41) is 20.5. The van der Waals surface area contributed by atoms with E-state index in [9.17, 15) is 0 Å². The number of aliphatic hydroxyl groups is 1. The van der Waals surface area contributed by atoms with Crippen molar-refractivity contribution in [2.45, 2.75) is 6.42 Å². The minimum absolute atomic E-state index is 0.114. The molecule has 5 nitrogen and oxygen atoms in total. The standard InChI is InChI=1S/C11H13NO4/c13-4-1-5-15-8-2-3-9-10(12-14)7-16-11(9)6-8/h2-3,6,13-14H,1,4-5,7H2. The lowest BCUT2D eigenvalue weighted by atomic mass is 10.1. The molecule has 2 N–H and O–H groups in total.